The summed E-state index contributed by atoms with van der Waals surface area (Å²) in [5.74, 6) is 7.07. The Morgan fingerprint density at radius 1 is 0.455 bits per heavy atom. The first-order chi connectivity index (χ1) is 21.5. The number of allylic oxidation sites excluding steroid dienone is 6. The van der Waals surface area contributed by atoms with Gasteiger partial charge in [0.15, 0.2) is 0 Å². The molecule has 3 aliphatic heterocycles. The third kappa shape index (κ3) is 5.55. The number of rotatable bonds is 8. The fraction of sp³-hybridized carbons (Fsp3) is 0.400. The van der Waals surface area contributed by atoms with Crippen LogP contribution in [-0.2, 0) is 25.7 Å². The Labute approximate surface area is 264 Å². The smallest absolute Gasteiger partial charge is 0.117 e. The molecule has 0 aromatic carbocycles. The topological polar surface area (TPSA) is 56.3 Å². The molecule has 5 heterocycles. The average molecular weight is 583 g/mol. The van der Waals surface area contributed by atoms with Crippen LogP contribution in [0.15, 0.2) is 67.3 Å². The molecule has 5 rings (SSSR count). The number of nitrogens with one attached hydrogen (secondary N) is 2. The van der Waals surface area contributed by atoms with Crippen molar-refractivity contribution in [1.29, 1.82) is 0 Å². The average Bonchev–Trinajstić information content (AvgIpc) is 3.77. The molecule has 4 nitrogen and oxygen atoms in total. The molecule has 0 saturated heterocycles. The third-order valence-electron chi connectivity index (χ3n) is 9.14. The highest BCUT2D eigenvalue weighted by Gasteiger charge is 2.22. The molecule has 2 aromatic heterocycles. The van der Waals surface area contributed by atoms with E-state index < -0.39 is 0 Å². The zero-order valence-corrected chi connectivity index (χ0v) is 27.9. The van der Waals surface area contributed by atoms with Crippen LogP contribution in [0.3, 0.4) is 0 Å². The van der Waals surface area contributed by atoms with Crippen LogP contribution in [0.25, 0.3) is 12.2 Å². The second-order valence-corrected chi connectivity index (χ2v) is 11.3. The molecule has 226 valence electrons. The Morgan fingerprint density at radius 2 is 0.818 bits per heavy atom. The van der Waals surface area contributed by atoms with Gasteiger partial charge in [0.05, 0.1) is 22.8 Å². The maximum absolute atomic E-state index is 5.09. The van der Waals surface area contributed by atoms with Crippen LogP contribution < -0.4 is 0 Å². The molecule has 0 unspecified atom stereocenters. The molecule has 0 aliphatic carbocycles. The Kier molecular flexibility index (Phi) is 9.61. The van der Waals surface area contributed by atoms with Gasteiger partial charge in [0.1, 0.15) is 11.4 Å². The number of aliphatic imine (C=N–C) groups is 2. The molecule has 0 spiro atoms. The summed E-state index contributed by atoms with van der Waals surface area (Å²) < 4.78 is 0. The second kappa shape index (κ2) is 13.6. The molecule has 4 heteroatoms. The molecule has 8 bridgehead atoms. The summed E-state index contributed by atoms with van der Waals surface area (Å²) in [6, 6.07) is 0. The molecular weight excluding hydrogens is 536 g/mol. The number of hydrogen-bond donors (Lipinski definition) is 2. The van der Waals surface area contributed by atoms with E-state index in [0.717, 1.165) is 97.0 Å². The first kappa shape index (κ1) is 31.2. The van der Waals surface area contributed by atoms with E-state index in [-0.39, 0.29) is 0 Å². The van der Waals surface area contributed by atoms with E-state index in [9.17, 15) is 0 Å². The van der Waals surface area contributed by atoms with E-state index in [0.29, 0.717) is 0 Å². The summed E-state index contributed by atoms with van der Waals surface area (Å²) in [7, 11) is 0. The normalized spacial score (nSPS) is 17.3. The number of fused-ring (bicyclic) bond motifs is 6. The lowest BCUT2D eigenvalue weighted by Gasteiger charge is -2.03. The lowest BCUT2D eigenvalue weighted by molar-refractivity contribution is 1.05. The molecule has 44 heavy (non-hydrogen) atoms. The van der Waals surface area contributed by atoms with Gasteiger partial charge in [-0.2, -0.15) is 0 Å². The second-order valence-electron chi connectivity index (χ2n) is 11.3. The molecule has 0 amide bonds. The van der Waals surface area contributed by atoms with E-state index in [1.54, 1.807) is 0 Å². The van der Waals surface area contributed by atoms with Crippen molar-refractivity contribution in [1.82, 2.24) is 9.97 Å². The van der Waals surface area contributed by atoms with Crippen LogP contribution >= 0.6 is 0 Å². The van der Waals surface area contributed by atoms with Gasteiger partial charge in [0.2, 0.25) is 0 Å². The standard InChI is InChI=1S/C40H46N4/c1-9-25-26(10-2)34-19-20-36-29(13-5)30(14-6)38(43-36)23-24-40-32(16-8)31(15-7)39(44-40)22-21-37-28(12-4)27(11-3)35(42-37)18-17-33(25)41-34/h17-18,23-24,41,43H,9-16H2,1-8H3/b18-17-,24-23+,33-17?,35-18?,38-23?,40-24?. The molecule has 0 atom stereocenters. The van der Waals surface area contributed by atoms with Gasteiger partial charge in [-0.05, 0) is 144 Å². The third-order valence-corrected chi connectivity index (χ3v) is 9.14. The predicted molar refractivity (Wildman–Crippen MR) is 187 cm³/mol. The summed E-state index contributed by atoms with van der Waals surface area (Å²) in [6.07, 6.45) is 16.1. The molecule has 0 saturated carbocycles. The van der Waals surface area contributed by atoms with Crippen LogP contribution in [0.1, 0.15) is 126 Å². The van der Waals surface area contributed by atoms with Crippen molar-refractivity contribution in [3.05, 3.63) is 102 Å². The number of nitrogens with zero attached hydrogens (tertiary/aromatic N) is 2. The van der Waals surface area contributed by atoms with Gasteiger partial charge in [0.25, 0.3) is 0 Å². The zero-order chi connectivity index (χ0) is 31.4. The van der Waals surface area contributed by atoms with Gasteiger partial charge in [-0.1, -0.05) is 55.4 Å². The summed E-state index contributed by atoms with van der Waals surface area (Å²) in [5, 5.41) is 0. The van der Waals surface area contributed by atoms with Crippen molar-refractivity contribution >= 4 is 23.6 Å². The first-order valence-corrected chi connectivity index (χ1v) is 16.7. The lowest BCUT2D eigenvalue weighted by Crippen LogP contribution is -1.96. The molecular formula is C40H46N4. The minimum Gasteiger partial charge on any atom is -0.348 e. The molecule has 0 fully saturated rings. The van der Waals surface area contributed by atoms with Crippen LogP contribution in [0.4, 0.5) is 0 Å². The Balaban J connectivity index is 1.82. The highest BCUT2D eigenvalue weighted by Crippen LogP contribution is 2.33. The van der Waals surface area contributed by atoms with Crippen LogP contribution in [-0.4, -0.2) is 21.4 Å². The Morgan fingerprint density at radius 3 is 1.14 bits per heavy atom. The number of hydrogen-bond acceptors (Lipinski definition) is 2. The van der Waals surface area contributed by atoms with Crippen molar-refractivity contribution in [2.24, 2.45) is 9.98 Å². The Hall–Kier alpha value is -4.28. The largest absolute Gasteiger partial charge is 0.348 e. The SMILES string of the molecule is CCC1=C(CC)C2=NC1=C=C=C1N=C(/C=C/c3[nH]c(c(CC)c3CC)C#Cc3[nH]c(c(CC)c3CC)/C=C\2)C(CC)=C1CC. The van der Waals surface area contributed by atoms with Gasteiger partial charge in [-0.25, -0.2) is 9.98 Å². The monoisotopic (exact) mass is 582 g/mol. The van der Waals surface area contributed by atoms with E-state index in [1.807, 2.05) is 0 Å². The van der Waals surface area contributed by atoms with Crippen LogP contribution in [0, 0.1) is 11.8 Å². The molecule has 2 aromatic rings. The van der Waals surface area contributed by atoms with Gasteiger partial charge in [0, 0.05) is 11.4 Å². The highest BCUT2D eigenvalue weighted by molar-refractivity contribution is 6.14. The maximum atomic E-state index is 5.09. The van der Waals surface area contributed by atoms with Crippen molar-refractivity contribution in [2.75, 3.05) is 0 Å². The summed E-state index contributed by atoms with van der Waals surface area (Å²) >= 11 is 0. The minimum atomic E-state index is 0.875. The molecule has 2 N–H and O–H groups in total. The van der Waals surface area contributed by atoms with E-state index in [2.05, 4.69) is 113 Å². The first-order valence-electron chi connectivity index (χ1n) is 16.7. The van der Waals surface area contributed by atoms with Crippen LogP contribution in [0.2, 0.25) is 0 Å². The van der Waals surface area contributed by atoms with E-state index >= 15 is 0 Å². The van der Waals surface area contributed by atoms with Gasteiger partial charge in [-0.3, -0.25) is 0 Å². The highest BCUT2D eigenvalue weighted by atomic mass is 14.8. The zero-order valence-electron chi connectivity index (χ0n) is 27.9. The van der Waals surface area contributed by atoms with Gasteiger partial charge in [-0.15, -0.1) is 0 Å². The molecule has 0 radical (unpaired) electrons. The number of aromatic amines is 2. The molecule has 3 aliphatic rings. The fourth-order valence-electron chi connectivity index (χ4n) is 6.99. The van der Waals surface area contributed by atoms with Crippen molar-refractivity contribution in [2.45, 2.75) is 107 Å². The van der Waals surface area contributed by atoms with Gasteiger partial charge >= 0.3 is 0 Å². The van der Waals surface area contributed by atoms with Crippen LogP contribution in [0.5, 0.6) is 0 Å². The van der Waals surface area contributed by atoms with E-state index in [1.165, 1.54) is 44.5 Å². The summed E-state index contributed by atoms with van der Waals surface area (Å²) in [4.78, 5) is 17.5. The van der Waals surface area contributed by atoms with Crippen molar-refractivity contribution < 1.29 is 0 Å². The summed E-state index contributed by atoms with van der Waals surface area (Å²) in [5.41, 5.74) is 25.3. The van der Waals surface area contributed by atoms with E-state index in [4.69, 9.17) is 9.98 Å². The quantitative estimate of drug-likeness (QED) is 0.230. The fourth-order valence-corrected chi connectivity index (χ4v) is 6.99. The maximum Gasteiger partial charge on any atom is 0.117 e. The number of H-pyrrole nitrogens is 2. The minimum absolute atomic E-state index is 0.875. The van der Waals surface area contributed by atoms with Crippen molar-refractivity contribution in [3.8, 4) is 11.8 Å². The van der Waals surface area contributed by atoms with Gasteiger partial charge < -0.3 is 9.97 Å². The lowest BCUT2D eigenvalue weighted by atomic mass is 9.98. The predicted octanol–water partition coefficient (Wildman–Crippen LogP) is 9.70. The Bertz CT molecular complexity index is 1710. The number of aromatic nitrogens is 2. The summed E-state index contributed by atoms with van der Waals surface area (Å²) in [6.45, 7) is 17.7. The van der Waals surface area contributed by atoms with Crippen molar-refractivity contribution in [3.63, 3.8) is 0 Å².